The van der Waals surface area contributed by atoms with Crippen molar-refractivity contribution >= 4 is 21.6 Å². The fourth-order valence-electron chi connectivity index (χ4n) is 1.61. The summed E-state index contributed by atoms with van der Waals surface area (Å²) in [5.74, 6) is 0.348. The van der Waals surface area contributed by atoms with Gasteiger partial charge in [-0.2, -0.15) is 0 Å². The summed E-state index contributed by atoms with van der Waals surface area (Å²) in [7, 11) is -2.21. The lowest BCUT2D eigenvalue weighted by Crippen LogP contribution is -2.25. The van der Waals surface area contributed by atoms with Gasteiger partial charge in [-0.25, -0.2) is 13.6 Å². The van der Waals surface area contributed by atoms with Gasteiger partial charge >= 0.3 is 0 Å². The third kappa shape index (κ3) is 2.25. The number of amides is 1. The van der Waals surface area contributed by atoms with E-state index >= 15 is 0 Å². The molecule has 6 nitrogen and oxygen atoms in total. The van der Waals surface area contributed by atoms with Crippen molar-refractivity contribution in [2.24, 2.45) is 5.14 Å². The minimum absolute atomic E-state index is 0.0404. The SMILES string of the molecule is CN1C(=O)CCOc2ccc(S(N)(=O)=O)cc21. The fraction of sp³-hybridized carbons (Fsp3) is 0.300. The smallest absolute Gasteiger partial charge is 0.238 e. The van der Waals surface area contributed by atoms with Crippen LogP contribution in [0.1, 0.15) is 6.42 Å². The van der Waals surface area contributed by atoms with Gasteiger partial charge in [0.05, 0.1) is 23.6 Å². The number of anilines is 1. The normalized spacial score (nSPS) is 16.1. The number of ether oxygens (including phenoxy) is 1. The zero-order valence-electron chi connectivity index (χ0n) is 9.21. The Balaban J connectivity index is 2.57. The highest BCUT2D eigenvalue weighted by molar-refractivity contribution is 7.89. The van der Waals surface area contributed by atoms with Gasteiger partial charge in [0.25, 0.3) is 0 Å². The molecule has 0 saturated heterocycles. The third-order valence-corrected chi connectivity index (χ3v) is 3.48. The van der Waals surface area contributed by atoms with Crippen LogP contribution in [0, 0.1) is 0 Å². The highest BCUT2D eigenvalue weighted by atomic mass is 32.2. The number of hydrogen-bond acceptors (Lipinski definition) is 4. The van der Waals surface area contributed by atoms with E-state index in [1.165, 1.54) is 23.1 Å². The molecule has 1 aliphatic rings. The van der Waals surface area contributed by atoms with Crippen LogP contribution < -0.4 is 14.8 Å². The van der Waals surface area contributed by atoms with Gasteiger partial charge in [-0.15, -0.1) is 0 Å². The molecule has 0 aliphatic carbocycles. The Hall–Kier alpha value is -1.60. The van der Waals surface area contributed by atoms with Gasteiger partial charge in [0.2, 0.25) is 15.9 Å². The molecule has 1 aliphatic heterocycles. The molecule has 0 bridgehead atoms. The zero-order chi connectivity index (χ0) is 12.6. The molecule has 17 heavy (non-hydrogen) atoms. The largest absolute Gasteiger partial charge is 0.491 e. The minimum Gasteiger partial charge on any atom is -0.491 e. The van der Waals surface area contributed by atoms with Crippen molar-refractivity contribution in [2.45, 2.75) is 11.3 Å². The van der Waals surface area contributed by atoms with Gasteiger partial charge in [0.1, 0.15) is 5.75 Å². The topological polar surface area (TPSA) is 89.7 Å². The first-order valence-electron chi connectivity index (χ1n) is 4.96. The van der Waals surface area contributed by atoms with E-state index in [1.54, 1.807) is 7.05 Å². The number of fused-ring (bicyclic) bond motifs is 1. The molecule has 1 aromatic rings. The number of nitrogens with two attached hydrogens (primary N) is 1. The summed E-state index contributed by atoms with van der Waals surface area (Å²) in [4.78, 5) is 12.9. The van der Waals surface area contributed by atoms with Crippen LogP contribution in [0.25, 0.3) is 0 Å². The molecule has 0 spiro atoms. The molecule has 7 heteroatoms. The molecule has 1 amide bonds. The van der Waals surface area contributed by atoms with Crippen LogP contribution in [-0.2, 0) is 14.8 Å². The fourth-order valence-corrected chi connectivity index (χ4v) is 2.14. The second kappa shape index (κ2) is 4.01. The molecule has 0 unspecified atom stereocenters. The van der Waals surface area contributed by atoms with E-state index in [2.05, 4.69) is 0 Å². The van der Waals surface area contributed by atoms with E-state index < -0.39 is 10.0 Å². The average Bonchev–Trinajstić information content (AvgIpc) is 2.39. The van der Waals surface area contributed by atoms with Gasteiger partial charge in [0, 0.05) is 7.05 Å². The van der Waals surface area contributed by atoms with Crippen molar-refractivity contribution < 1.29 is 17.9 Å². The van der Waals surface area contributed by atoms with E-state index in [-0.39, 0.29) is 23.8 Å². The summed E-state index contributed by atoms with van der Waals surface area (Å²) in [5.41, 5.74) is 0.416. The maximum atomic E-state index is 11.6. The number of primary sulfonamides is 1. The Kier molecular flexibility index (Phi) is 2.80. The first kappa shape index (κ1) is 11.9. The van der Waals surface area contributed by atoms with E-state index in [0.717, 1.165) is 0 Å². The van der Waals surface area contributed by atoms with Crippen molar-refractivity contribution in [3.8, 4) is 5.75 Å². The van der Waals surface area contributed by atoms with Crippen LogP contribution in [0.3, 0.4) is 0 Å². The van der Waals surface area contributed by atoms with Crippen molar-refractivity contribution in [3.05, 3.63) is 18.2 Å². The van der Waals surface area contributed by atoms with E-state index in [0.29, 0.717) is 11.4 Å². The molecule has 2 N–H and O–H groups in total. The van der Waals surface area contributed by atoms with Gasteiger partial charge in [-0.1, -0.05) is 0 Å². The van der Waals surface area contributed by atoms with Gasteiger partial charge in [-0.05, 0) is 18.2 Å². The maximum Gasteiger partial charge on any atom is 0.238 e. The Bertz CT molecular complexity index is 568. The number of hydrogen-bond donors (Lipinski definition) is 1. The minimum atomic E-state index is -3.78. The quantitative estimate of drug-likeness (QED) is 0.770. The van der Waals surface area contributed by atoms with Crippen LogP contribution in [-0.4, -0.2) is 28.0 Å². The maximum absolute atomic E-state index is 11.6. The van der Waals surface area contributed by atoms with Crippen LogP contribution in [0.2, 0.25) is 0 Å². The molecule has 0 radical (unpaired) electrons. The first-order chi connectivity index (χ1) is 7.89. The number of sulfonamides is 1. The Morgan fingerprint density at radius 1 is 1.41 bits per heavy atom. The molecule has 1 heterocycles. The second-order valence-electron chi connectivity index (χ2n) is 3.73. The summed E-state index contributed by atoms with van der Waals surface area (Å²) >= 11 is 0. The predicted octanol–water partition coefficient (Wildman–Crippen LogP) is 0.0793. The highest BCUT2D eigenvalue weighted by Crippen LogP contribution is 2.32. The van der Waals surface area contributed by atoms with Crippen molar-refractivity contribution in [3.63, 3.8) is 0 Å². The molecule has 0 saturated carbocycles. The average molecular weight is 256 g/mol. The monoisotopic (exact) mass is 256 g/mol. The molecular weight excluding hydrogens is 244 g/mol. The van der Waals surface area contributed by atoms with Crippen molar-refractivity contribution in [1.29, 1.82) is 0 Å². The predicted molar refractivity (Wildman–Crippen MR) is 61.3 cm³/mol. The van der Waals surface area contributed by atoms with Crippen LogP contribution in [0.15, 0.2) is 23.1 Å². The molecule has 0 atom stereocenters. The molecule has 92 valence electrons. The standard InChI is InChI=1S/C10H12N2O4S/c1-12-8-6-7(17(11,14)15)2-3-9(8)16-5-4-10(12)13/h2-3,6H,4-5H2,1H3,(H2,11,14,15). The van der Waals surface area contributed by atoms with Crippen LogP contribution >= 0.6 is 0 Å². The number of benzene rings is 1. The van der Waals surface area contributed by atoms with E-state index in [1.807, 2.05) is 0 Å². The van der Waals surface area contributed by atoms with E-state index in [4.69, 9.17) is 9.88 Å². The summed E-state index contributed by atoms with van der Waals surface area (Å²) in [6.45, 7) is 0.283. The molecule has 2 rings (SSSR count). The summed E-state index contributed by atoms with van der Waals surface area (Å²) in [6.07, 6.45) is 0.260. The lowest BCUT2D eigenvalue weighted by atomic mass is 10.2. The van der Waals surface area contributed by atoms with Crippen molar-refractivity contribution in [1.82, 2.24) is 0 Å². The molecule has 0 aromatic heterocycles. The number of carbonyl (C=O) groups excluding carboxylic acids is 1. The van der Waals surface area contributed by atoms with Crippen LogP contribution in [0.5, 0.6) is 5.75 Å². The highest BCUT2D eigenvalue weighted by Gasteiger charge is 2.21. The summed E-state index contributed by atoms with van der Waals surface area (Å²) in [6, 6.07) is 4.20. The van der Waals surface area contributed by atoms with E-state index in [9.17, 15) is 13.2 Å². The third-order valence-electron chi connectivity index (χ3n) is 2.57. The zero-order valence-corrected chi connectivity index (χ0v) is 10.0. The van der Waals surface area contributed by atoms with Gasteiger partial charge in [-0.3, -0.25) is 4.79 Å². The molecule has 0 fully saturated rings. The Labute approximate surface area is 99.0 Å². The lowest BCUT2D eigenvalue weighted by Gasteiger charge is -2.16. The first-order valence-corrected chi connectivity index (χ1v) is 6.50. The summed E-state index contributed by atoms with van der Waals surface area (Å²) in [5, 5.41) is 5.04. The number of nitrogens with zero attached hydrogens (tertiary/aromatic N) is 1. The Morgan fingerprint density at radius 3 is 2.76 bits per heavy atom. The number of rotatable bonds is 1. The van der Waals surface area contributed by atoms with Crippen LogP contribution in [0.4, 0.5) is 5.69 Å². The second-order valence-corrected chi connectivity index (χ2v) is 5.29. The Morgan fingerprint density at radius 2 is 2.12 bits per heavy atom. The molecular formula is C10H12N2O4S. The van der Waals surface area contributed by atoms with Gasteiger partial charge in [0.15, 0.2) is 0 Å². The number of carbonyl (C=O) groups is 1. The lowest BCUT2D eigenvalue weighted by molar-refractivity contribution is -0.118. The molecule has 1 aromatic carbocycles. The summed E-state index contributed by atoms with van der Waals surface area (Å²) < 4.78 is 27.8. The van der Waals surface area contributed by atoms with Gasteiger partial charge < -0.3 is 9.64 Å². The van der Waals surface area contributed by atoms with Crippen molar-refractivity contribution in [2.75, 3.05) is 18.6 Å².